The van der Waals surface area contributed by atoms with E-state index in [0.29, 0.717) is 0 Å². The molecule has 4 heteroatoms. The van der Waals surface area contributed by atoms with Crippen molar-refractivity contribution in [3.8, 4) is 11.5 Å². The Kier molecular flexibility index (Phi) is 6.39. The number of aromatic hydroxyl groups is 1. The molecule has 0 bridgehead atoms. The third-order valence-corrected chi connectivity index (χ3v) is 7.01. The summed E-state index contributed by atoms with van der Waals surface area (Å²) in [6.07, 6.45) is 5.06. The van der Waals surface area contributed by atoms with Gasteiger partial charge in [0, 0.05) is 14.5 Å². The molecule has 1 N–H and O–H groups in total. The van der Waals surface area contributed by atoms with Crippen LogP contribution in [0.15, 0.2) is 106 Å². The van der Waals surface area contributed by atoms with Crippen molar-refractivity contribution in [2.75, 3.05) is 0 Å². The van der Waals surface area contributed by atoms with Crippen molar-refractivity contribution in [2.24, 2.45) is 0 Å². The van der Waals surface area contributed by atoms with Crippen LogP contribution in [-0.2, 0) is 6.42 Å². The van der Waals surface area contributed by atoms with Crippen LogP contribution in [-0.4, -0.2) is 5.11 Å². The summed E-state index contributed by atoms with van der Waals surface area (Å²) in [5.74, 6) is 1.25. The molecule has 164 valence electrons. The standard InChI is InChI=1S/C29H22Br2O2/c30-23-11-4-19(5-12-23)2-1-3-20-6-17-27-26(18-20)28(21-7-13-24(31)14-8-21)29(33-27)22-9-15-25(32)16-10-22/h1-2,4-18,28-29,32H,3H2/b2-1+/t28-,29+/m0/s1. The van der Waals surface area contributed by atoms with Crippen LogP contribution in [0, 0.1) is 0 Å². The van der Waals surface area contributed by atoms with Gasteiger partial charge in [-0.25, -0.2) is 0 Å². The number of benzene rings is 4. The highest BCUT2D eigenvalue weighted by Gasteiger charge is 2.36. The SMILES string of the molecule is Oc1ccc([C@H]2Oc3ccc(C/C=C/c4ccc(Br)cc4)cc3[C@@H]2c2ccc(Br)cc2)cc1. The van der Waals surface area contributed by atoms with E-state index in [2.05, 4.69) is 111 Å². The van der Waals surface area contributed by atoms with Crippen LogP contribution in [0.3, 0.4) is 0 Å². The summed E-state index contributed by atoms with van der Waals surface area (Å²) in [5.41, 5.74) is 5.89. The number of hydrogen-bond acceptors (Lipinski definition) is 2. The Morgan fingerprint density at radius 3 is 2.09 bits per heavy atom. The third-order valence-electron chi connectivity index (χ3n) is 5.95. The highest BCUT2D eigenvalue weighted by atomic mass is 79.9. The maximum Gasteiger partial charge on any atom is 0.135 e. The fourth-order valence-corrected chi connectivity index (χ4v) is 4.83. The topological polar surface area (TPSA) is 29.5 Å². The first kappa shape index (κ1) is 22.0. The fraction of sp³-hybridized carbons (Fsp3) is 0.103. The molecule has 0 radical (unpaired) electrons. The number of rotatable bonds is 5. The number of phenols is 1. The van der Waals surface area contributed by atoms with Crippen LogP contribution >= 0.6 is 31.9 Å². The number of phenolic OH excluding ortho intramolecular Hbond substituents is 1. The zero-order chi connectivity index (χ0) is 22.8. The smallest absolute Gasteiger partial charge is 0.135 e. The van der Waals surface area contributed by atoms with E-state index in [0.717, 1.165) is 26.7 Å². The van der Waals surface area contributed by atoms with Crippen molar-refractivity contribution in [3.63, 3.8) is 0 Å². The molecule has 0 unspecified atom stereocenters. The Labute approximate surface area is 210 Å². The third kappa shape index (κ3) is 4.92. The molecule has 1 heterocycles. The molecule has 0 amide bonds. The molecule has 1 aliphatic heterocycles. The van der Waals surface area contributed by atoms with Crippen molar-refractivity contribution < 1.29 is 9.84 Å². The van der Waals surface area contributed by atoms with Gasteiger partial charge < -0.3 is 9.84 Å². The number of hydrogen-bond donors (Lipinski definition) is 1. The Morgan fingerprint density at radius 2 is 1.39 bits per heavy atom. The van der Waals surface area contributed by atoms with E-state index in [9.17, 15) is 5.11 Å². The summed E-state index contributed by atoms with van der Waals surface area (Å²) >= 11 is 7.03. The Hall–Kier alpha value is -2.82. The van der Waals surface area contributed by atoms with Crippen molar-refractivity contribution >= 4 is 37.9 Å². The van der Waals surface area contributed by atoms with Crippen LogP contribution < -0.4 is 4.74 Å². The first-order valence-corrected chi connectivity index (χ1v) is 12.4. The average Bonchev–Trinajstić information content (AvgIpc) is 3.20. The van der Waals surface area contributed by atoms with Gasteiger partial charge in [0.15, 0.2) is 0 Å². The van der Waals surface area contributed by atoms with Crippen molar-refractivity contribution in [2.45, 2.75) is 18.4 Å². The predicted octanol–water partition coefficient (Wildman–Crippen LogP) is 8.44. The number of halogens is 2. The molecule has 5 rings (SSSR count). The monoisotopic (exact) mass is 560 g/mol. The largest absolute Gasteiger partial charge is 0.508 e. The quantitative estimate of drug-likeness (QED) is 0.265. The maximum atomic E-state index is 9.75. The lowest BCUT2D eigenvalue weighted by Gasteiger charge is -2.20. The fourth-order valence-electron chi connectivity index (χ4n) is 4.30. The molecule has 0 saturated carbocycles. The van der Waals surface area contributed by atoms with Crippen molar-refractivity contribution in [3.05, 3.63) is 134 Å². The van der Waals surface area contributed by atoms with Gasteiger partial charge in [0.25, 0.3) is 0 Å². The number of fused-ring (bicyclic) bond motifs is 1. The van der Waals surface area contributed by atoms with E-state index in [1.54, 1.807) is 12.1 Å². The van der Waals surface area contributed by atoms with Gasteiger partial charge in [-0.2, -0.15) is 0 Å². The van der Waals surface area contributed by atoms with E-state index in [1.807, 2.05) is 12.1 Å². The molecule has 0 aliphatic carbocycles. The van der Waals surface area contributed by atoms with Gasteiger partial charge in [-0.15, -0.1) is 0 Å². The summed E-state index contributed by atoms with van der Waals surface area (Å²) in [7, 11) is 0. The molecule has 0 aromatic heterocycles. The molecule has 2 nitrogen and oxygen atoms in total. The van der Waals surface area contributed by atoms with Crippen molar-refractivity contribution in [1.82, 2.24) is 0 Å². The second kappa shape index (κ2) is 9.58. The van der Waals surface area contributed by atoms with Crippen LogP contribution in [0.1, 0.15) is 39.8 Å². The summed E-state index contributed by atoms with van der Waals surface area (Å²) in [4.78, 5) is 0. The second-order valence-electron chi connectivity index (χ2n) is 8.19. The maximum absolute atomic E-state index is 9.75. The summed E-state index contributed by atoms with van der Waals surface area (Å²) < 4.78 is 8.59. The zero-order valence-electron chi connectivity index (χ0n) is 17.8. The molecule has 2 atom stereocenters. The molecule has 0 spiro atoms. The molecule has 0 fully saturated rings. The van der Waals surface area contributed by atoms with Crippen LogP contribution in [0.2, 0.25) is 0 Å². The van der Waals surface area contributed by atoms with Crippen LogP contribution in [0.25, 0.3) is 6.08 Å². The highest BCUT2D eigenvalue weighted by molar-refractivity contribution is 9.10. The van der Waals surface area contributed by atoms with Gasteiger partial charge in [-0.3, -0.25) is 0 Å². The van der Waals surface area contributed by atoms with Gasteiger partial charge in [-0.1, -0.05) is 92.5 Å². The first-order chi connectivity index (χ1) is 16.1. The van der Waals surface area contributed by atoms with E-state index < -0.39 is 0 Å². The minimum absolute atomic E-state index is 0.0769. The van der Waals surface area contributed by atoms with Crippen LogP contribution in [0.5, 0.6) is 11.5 Å². The molecular weight excluding hydrogens is 540 g/mol. The molecule has 0 saturated heterocycles. The van der Waals surface area contributed by atoms with Gasteiger partial charge in [0.05, 0.1) is 5.92 Å². The molecule has 33 heavy (non-hydrogen) atoms. The normalized spacial score (nSPS) is 17.2. The lowest BCUT2D eigenvalue weighted by Crippen LogP contribution is -2.11. The lowest BCUT2D eigenvalue weighted by atomic mass is 9.84. The average molecular weight is 562 g/mol. The van der Waals surface area contributed by atoms with E-state index in [4.69, 9.17) is 4.74 Å². The lowest BCUT2D eigenvalue weighted by molar-refractivity contribution is 0.222. The summed E-state index contributed by atoms with van der Waals surface area (Å²) in [6.45, 7) is 0. The first-order valence-electron chi connectivity index (χ1n) is 10.8. The minimum atomic E-state index is -0.143. The Morgan fingerprint density at radius 1 is 0.758 bits per heavy atom. The molecule has 4 aromatic carbocycles. The second-order valence-corrected chi connectivity index (χ2v) is 10.0. The minimum Gasteiger partial charge on any atom is -0.508 e. The van der Waals surface area contributed by atoms with Gasteiger partial charge in [0.1, 0.15) is 17.6 Å². The van der Waals surface area contributed by atoms with Gasteiger partial charge >= 0.3 is 0 Å². The van der Waals surface area contributed by atoms with Crippen LogP contribution in [0.4, 0.5) is 0 Å². The highest BCUT2D eigenvalue weighted by Crippen LogP contribution is 2.50. The Bertz CT molecular complexity index is 1280. The summed E-state index contributed by atoms with van der Waals surface area (Å²) in [5, 5.41) is 9.75. The number of ether oxygens (including phenoxy) is 1. The molecule has 4 aromatic rings. The molecule has 1 aliphatic rings. The Balaban J connectivity index is 1.46. The van der Waals surface area contributed by atoms with Crippen molar-refractivity contribution in [1.29, 1.82) is 0 Å². The summed E-state index contributed by atoms with van der Waals surface area (Å²) in [6, 6.07) is 30.6. The van der Waals surface area contributed by atoms with E-state index in [-0.39, 0.29) is 17.8 Å². The predicted molar refractivity (Wildman–Crippen MR) is 141 cm³/mol. The number of allylic oxidation sites excluding steroid dienone is 1. The van der Waals surface area contributed by atoms with E-state index >= 15 is 0 Å². The zero-order valence-corrected chi connectivity index (χ0v) is 21.0. The van der Waals surface area contributed by atoms with Gasteiger partial charge in [-0.05, 0) is 71.1 Å². The van der Waals surface area contributed by atoms with Gasteiger partial charge in [0.2, 0.25) is 0 Å². The van der Waals surface area contributed by atoms with E-state index in [1.165, 1.54) is 22.3 Å². The molecular formula is C29H22Br2O2.